The van der Waals surface area contributed by atoms with Gasteiger partial charge in [-0.05, 0) is 36.8 Å². The molecule has 1 heterocycles. The second-order valence-electron chi connectivity index (χ2n) is 5.79. The van der Waals surface area contributed by atoms with Crippen molar-refractivity contribution < 1.29 is 14.3 Å². The van der Waals surface area contributed by atoms with Gasteiger partial charge in [0.2, 0.25) is 0 Å². The summed E-state index contributed by atoms with van der Waals surface area (Å²) in [6, 6.07) is 15.1. The number of nitrogens with one attached hydrogen (secondary N) is 1. The summed E-state index contributed by atoms with van der Waals surface area (Å²) in [4.78, 5) is 16.2. The molecule has 6 nitrogen and oxygen atoms in total. The maximum absolute atomic E-state index is 12.2. The number of benzene rings is 2. The Morgan fingerprint density at radius 1 is 1.15 bits per heavy atom. The molecule has 0 bridgehead atoms. The minimum atomic E-state index is -0.193. The topological polar surface area (TPSA) is 65.4 Å². The summed E-state index contributed by atoms with van der Waals surface area (Å²) in [6.45, 7) is 1.87. The Morgan fingerprint density at radius 2 is 1.88 bits per heavy atom. The molecule has 0 saturated carbocycles. The summed E-state index contributed by atoms with van der Waals surface area (Å²) in [6.07, 6.45) is 5.36. The van der Waals surface area contributed by atoms with E-state index in [1.54, 1.807) is 31.8 Å². The smallest absolute Gasteiger partial charge is 0.258 e. The molecule has 0 aliphatic heterocycles. The van der Waals surface area contributed by atoms with Gasteiger partial charge in [-0.3, -0.25) is 4.79 Å². The number of hydrogen-bond acceptors (Lipinski definition) is 4. The third kappa shape index (κ3) is 4.22. The van der Waals surface area contributed by atoms with E-state index in [1.807, 2.05) is 54.1 Å². The molecule has 0 radical (unpaired) electrons. The van der Waals surface area contributed by atoms with Crippen LogP contribution in [0.4, 0.5) is 0 Å². The van der Waals surface area contributed by atoms with E-state index in [9.17, 15) is 4.79 Å². The number of nitrogens with zero attached hydrogens (tertiary/aromatic N) is 2. The second kappa shape index (κ2) is 8.20. The Kier molecular flexibility index (Phi) is 5.53. The predicted molar refractivity (Wildman–Crippen MR) is 98.6 cm³/mol. The Labute approximate surface area is 152 Å². The van der Waals surface area contributed by atoms with Crippen LogP contribution < -0.4 is 14.8 Å². The average molecular weight is 351 g/mol. The molecule has 26 heavy (non-hydrogen) atoms. The molecule has 2 aromatic carbocycles. The molecule has 1 amide bonds. The van der Waals surface area contributed by atoms with Gasteiger partial charge in [-0.1, -0.05) is 24.3 Å². The molecule has 3 rings (SSSR count). The molecule has 1 N–H and O–H groups in total. The first-order valence-corrected chi connectivity index (χ1v) is 8.31. The standard InChI is InChI=1S/C20H21N3O3/c1-15(16-7-9-17(10-8-16)23-12-11-21-14-23)22-20(24)13-26-19-6-4-3-5-18(19)25-2/h3-12,14-15H,13H2,1-2H3,(H,22,24)/t15-/m1/s1. The van der Waals surface area contributed by atoms with E-state index in [2.05, 4.69) is 10.3 Å². The molecular weight excluding hydrogens is 330 g/mol. The highest BCUT2D eigenvalue weighted by Gasteiger charge is 2.11. The lowest BCUT2D eigenvalue weighted by Gasteiger charge is -2.16. The Morgan fingerprint density at radius 3 is 2.54 bits per heavy atom. The summed E-state index contributed by atoms with van der Waals surface area (Å²) >= 11 is 0. The minimum Gasteiger partial charge on any atom is -0.493 e. The summed E-state index contributed by atoms with van der Waals surface area (Å²) in [5, 5.41) is 2.93. The number of aromatic nitrogens is 2. The van der Waals surface area contributed by atoms with E-state index in [1.165, 1.54) is 0 Å². The van der Waals surface area contributed by atoms with Crippen LogP contribution in [0.25, 0.3) is 5.69 Å². The number of ether oxygens (including phenoxy) is 2. The number of hydrogen-bond donors (Lipinski definition) is 1. The number of methoxy groups -OCH3 is 1. The average Bonchev–Trinajstić information content (AvgIpc) is 3.21. The molecule has 134 valence electrons. The van der Waals surface area contributed by atoms with Crippen LogP contribution >= 0.6 is 0 Å². The van der Waals surface area contributed by atoms with Crippen molar-refractivity contribution in [3.8, 4) is 17.2 Å². The van der Waals surface area contributed by atoms with E-state index in [-0.39, 0.29) is 18.6 Å². The van der Waals surface area contributed by atoms with Gasteiger partial charge in [-0.25, -0.2) is 4.98 Å². The van der Waals surface area contributed by atoms with Crippen LogP contribution in [0.15, 0.2) is 67.3 Å². The van der Waals surface area contributed by atoms with Gasteiger partial charge in [0.25, 0.3) is 5.91 Å². The van der Waals surface area contributed by atoms with Crippen molar-refractivity contribution in [3.05, 3.63) is 72.8 Å². The lowest BCUT2D eigenvalue weighted by Crippen LogP contribution is -2.31. The molecular formula is C20H21N3O3. The quantitative estimate of drug-likeness (QED) is 0.710. The van der Waals surface area contributed by atoms with E-state index in [4.69, 9.17) is 9.47 Å². The fourth-order valence-corrected chi connectivity index (χ4v) is 2.59. The van der Waals surface area contributed by atoms with Crippen molar-refractivity contribution >= 4 is 5.91 Å². The molecule has 0 fully saturated rings. The highest BCUT2D eigenvalue weighted by atomic mass is 16.5. The van der Waals surface area contributed by atoms with Gasteiger partial charge < -0.3 is 19.4 Å². The number of amides is 1. The highest BCUT2D eigenvalue weighted by molar-refractivity contribution is 5.78. The first-order chi connectivity index (χ1) is 12.7. The van der Waals surface area contributed by atoms with Gasteiger partial charge in [-0.15, -0.1) is 0 Å². The number of imidazole rings is 1. The molecule has 0 unspecified atom stereocenters. The van der Waals surface area contributed by atoms with Gasteiger partial charge in [-0.2, -0.15) is 0 Å². The molecule has 3 aromatic rings. The van der Waals surface area contributed by atoms with Crippen LogP contribution in [-0.4, -0.2) is 29.2 Å². The van der Waals surface area contributed by atoms with Gasteiger partial charge >= 0.3 is 0 Å². The van der Waals surface area contributed by atoms with Crippen LogP contribution in [0.5, 0.6) is 11.5 Å². The van der Waals surface area contributed by atoms with Crippen LogP contribution in [0.2, 0.25) is 0 Å². The second-order valence-corrected chi connectivity index (χ2v) is 5.79. The van der Waals surface area contributed by atoms with Gasteiger partial charge in [0.15, 0.2) is 18.1 Å². The van der Waals surface area contributed by atoms with Crippen molar-refractivity contribution in [1.82, 2.24) is 14.9 Å². The number of carbonyl (C=O) groups is 1. The highest BCUT2D eigenvalue weighted by Crippen LogP contribution is 2.25. The third-order valence-electron chi connectivity index (χ3n) is 4.00. The lowest BCUT2D eigenvalue weighted by atomic mass is 10.1. The van der Waals surface area contributed by atoms with Gasteiger partial charge in [0.05, 0.1) is 19.5 Å². The molecule has 0 aliphatic carbocycles. The SMILES string of the molecule is COc1ccccc1OCC(=O)N[C@H](C)c1ccc(-n2ccnc2)cc1. The fraction of sp³-hybridized carbons (Fsp3) is 0.200. The van der Waals surface area contributed by atoms with E-state index in [0.717, 1.165) is 11.3 Å². The lowest BCUT2D eigenvalue weighted by molar-refractivity contribution is -0.123. The van der Waals surface area contributed by atoms with Crippen molar-refractivity contribution in [2.24, 2.45) is 0 Å². The van der Waals surface area contributed by atoms with Crippen LogP contribution in [-0.2, 0) is 4.79 Å². The Balaban J connectivity index is 1.55. The summed E-state index contributed by atoms with van der Waals surface area (Å²) in [7, 11) is 1.57. The Hall–Kier alpha value is -3.28. The maximum atomic E-state index is 12.2. The zero-order chi connectivity index (χ0) is 18.4. The first kappa shape index (κ1) is 17.5. The zero-order valence-electron chi connectivity index (χ0n) is 14.8. The third-order valence-corrected chi connectivity index (χ3v) is 4.00. The van der Waals surface area contributed by atoms with Crippen molar-refractivity contribution in [3.63, 3.8) is 0 Å². The molecule has 1 atom stereocenters. The molecule has 1 aromatic heterocycles. The maximum Gasteiger partial charge on any atom is 0.258 e. The fourth-order valence-electron chi connectivity index (χ4n) is 2.59. The van der Waals surface area contributed by atoms with Crippen molar-refractivity contribution in [2.75, 3.05) is 13.7 Å². The summed E-state index contributed by atoms with van der Waals surface area (Å²) in [5.41, 5.74) is 2.03. The van der Waals surface area contributed by atoms with Crippen LogP contribution in [0.3, 0.4) is 0 Å². The van der Waals surface area contributed by atoms with Gasteiger partial charge in [0, 0.05) is 18.1 Å². The van der Waals surface area contributed by atoms with Crippen LogP contribution in [0.1, 0.15) is 18.5 Å². The number of rotatable bonds is 7. The van der Waals surface area contributed by atoms with Crippen molar-refractivity contribution in [2.45, 2.75) is 13.0 Å². The first-order valence-electron chi connectivity index (χ1n) is 8.31. The molecule has 6 heteroatoms. The van der Waals surface area contributed by atoms with E-state index in [0.29, 0.717) is 11.5 Å². The minimum absolute atomic E-state index is 0.0716. The normalized spacial score (nSPS) is 11.6. The largest absolute Gasteiger partial charge is 0.493 e. The Bertz CT molecular complexity index is 845. The zero-order valence-corrected chi connectivity index (χ0v) is 14.8. The van der Waals surface area contributed by atoms with E-state index < -0.39 is 0 Å². The summed E-state index contributed by atoms with van der Waals surface area (Å²) in [5.74, 6) is 0.952. The van der Waals surface area contributed by atoms with Crippen LogP contribution in [0, 0.1) is 0 Å². The van der Waals surface area contributed by atoms with Crippen molar-refractivity contribution in [1.29, 1.82) is 0 Å². The molecule has 0 saturated heterocycles. The summed E-state index contributed by atoms with van der Waals surface area (Å²) < 4.78 is 12.7. The molecule has 0 aliphatic rings. The predicted octanol–water partition coefficient (Wildman–Crippen LogP) is 3.14. The number of carbonyl (C=O) groups excluding carboxylic acids is 1. The van der Waals surface area contributed by atoms with Gasteiger partial charge in [0.1, 0.15) is 0 Å². The molecule has 0 spiro atoms. The number of para-hydroxylation sites is 2. The monoisotopic (exact) mass is 351 g/mol. The van der Waals surface area contributed by atoms with E-state index >= 15 is 0 Å².